The Kier molecular flexibility index (Phi) is 3.09. The SMILES string of the molecule is CC(C)CCc1cc2ccccc2oc1=O. The molecule has 0 atom stereocenters. The number of benzene rings is 1. The zero-order chi connectivity index (χ0) is 11.5. The highest BCUT2D eigenvalue weighted by atomic mass is 16.4. The molecule has 0 saturated heterocycles. The van der Waals surface area contributed by atoms with Crippen LogP contribution in [0.15, 0.2) is 39.5 Å². The monoisotopic (exact) mass is 216 g/mol. The van der Waals surface area contributed by atoms with Gasteiger partial charge in [0.15, 0.2) is 0 Å². The first-order valence-corrected chi connectivity index (χ1v) is 5.68. The highest BCUT2D eigenvalue weighted by Gasteiger charge is 2.05. The minimum Gasteiger partial charge on any atom is -0.423 e. The molecule has 1 heterocycles. The molecular formula is C14H16O2. The van der Waals surface area contributed by atoms with Crippen LogP contribution in [0.5, 0.6) is 0 Å². The number of para-hydroxylation sites is 1. The van der Waals surface area contributed by atoms with Gasteiger partial charge in [0.1, 0.15) is 5.58 Å². The summed E-state index contributed by atoms with van der Waals surface area (Å²) in [6, 6.07) is 9.57. The lowest BCUT2D eigenvalue weighted by Gasteiger charge is -2.04. The summed E-state index contributed by atoms with van der Waals surface area (Å²) in [4.78, 5) is 11.7. The quantitative estimate of drug-likeness (QED) is 0.736. The molecule has 2 aromatic rings. The maximum Gasteiger partial charge on any atom is 0.339 e. The van der Waals surface area contributed by atoms with Crippen molar-refractivity contribution >= 4 is 11.0 Å². The van der Waals surface area contributed by atoms with Crippen LogP contribution in [0.25, 0.3) is 11.0 Å². The molecule has 84 valence electrons. The lowest BCUT2D eigenvalue weighted by atomic mass is 10.0. The van der Waals surface area contributed by atoms with Crippen LogP contribution in [-0.4, -0.2) is 0 Å². The van der Waals surface area contributed by atoms with Gasteiger partial charge in [-0.15, -0.1) is 0 Å². The zero-order valence-corrected chi connectivity index (χ0v) is 9.69. The molecular weight excluding hydrogens is 200 g/mol. The lowest BCUT2D eigenvalue weighted by Crippen LogP contribution is -2.08. The highest BCUT2D eigenvalue weighted by Crippen LogP contribution is 2.14. The molecule has 0 bridgehead atoms. The Labute approximate surface area is 94.9 Å². The van der Waals surface area contributed by atoms with Crippen LogP contribution in [0.2, 0.25) is 0 Å². The molecule has 0 saturated carbocycles. The van der Waals surface area contributed by atoms with Gasteiger partial charge < -0.3 is 4.42 Å². The second-order valence-corrected chi connectivity index (χ2v) is 4.53. The second-order valence-electron chi connectivity index (χ2n) is 4.53. The molecule has 0 amide bonds. The Morgan fingerprint density at radius 2 is 2.00 bits per heavy atom. The van der Waals surface area contributed by atoms with Crippen molar-refractivity contribution in [1.29, 1.82) is 0 Å². The van der Waals surface area contributed by atoms with E-state index in [-0.39, 0.29) is 5.63 Å². The lowest BCUT2D eigenvalue weighted by molar-refractivity contribution is 0.532. The fourth-order valence-corrected chi connectivity index (χ4v) is 1.72. The molecule has 0 aliphatic heterocycles. The number of rotatable bonds is 3. The van der Waals surface area contributed by atoms with Crippen molar-refractivity contribution in [3.05, 3.63) is 46.3 Å². The summed E-state index contributed by atoms with van der Waals surface area (Å²) in [5, 5.41) is 1.00. The minimum atomic E-state index is -0.195. The number of hydrogen-bond acceptors (Lipinski definition) is 2. The van der Waals surface area contributed by atoms with E-state index in [2.05, 4.69) is 13.8 Å². The highest BCUT2D eigenvalue weighted by molar-refractivity contribution is 5.76. The van der Waals surface area contributed by atoms with Crippen LogP contribution >= 0.6 is 0 Å². The number of aryl methyl sites for hydroxylation is 1. The Hall–Kier alpha value is -1.57. The summed E-state index contributed by atoms with van der Waals surface area (Å²) >= 11 is 0. The predicted octanol–water partition coefficient (Wildman–Crippen LogP) is 3.38. The third-order valence-electron chi connectivity index (χ3n) is 2.70. The fraction of sp³-hybridized carbons (Fsp3) is 0.357. The van der Waals surface area contributed by atoms with Gasteiger partial charge in [-0.3, -0.25) is 0 Å². The standard InChI is InChI=1S/C14H16O2/c1-10(2)7-8-12-9-11-5-3-4-6-13(11)16-14(12)15/h3-6,9-10H,7-8H2,1-2H3. The Morgan fingerprint density at radius 3 is 2.75 bits per heavy atom. The van der Waals surface area contributed by atoms with E-state index in [9.17, 15) is 4.79 Å². The first-order valence-electron chi connectivity index (χ1n) is 5.68. The maximum absolute atomic E-state index is 11.7. The summed E-state index contributed by atoms with van der Waals surface area (Å²) in [6.45, 7) is 4.31. The topological polar surface area (TPSA) is 30.2 Å². The first kappa shape index (κ1) is 10.9. The van der Waals surface area contributed by atoms with Crippen molar-refractivity contribution in [2.24, 2.45) is 5.92 Å². The van der Waals surface area contributed by atoms with Crippen LogP contribution in [0.4, 0.5) is 0 Å². The molecule has 16 heavy (non-hydrogen) atoms. The van der Waals surface area contributed by atoms with Crippen LogP contribution in [0, 0.1) is 5.92 Å². The summed E-state index contributed by atoms with van der Waals surface area (Å²) in [7, 11) is 0. The smallest absolute Gasteiger partial charge is 0.339 e. The van der Waals surface area contributed by atoms with E-state index in [1.165, 1.54) is 0 Å². The molecule has 0 aliphatic rings. The summed E-state index contributed by atoms with van der Waals surface area (Å²) in [5.41, 5.74) is 1.26. The average Bonchev–Trinajstić information content (AvgIpc) is 2.26. The van der Waals surface area contributed by atoms with Crippen LogP contribution in [-0.2, 0) is 6.42 Å². The van der Waals surface area contributed by atoms with E-state index < -0.39 is 0 Å². The van der Waals surface area contributed by atoms with Crippen LogP contribution in [0.1, 0.15) is 25.8 Å². The molecule has 0 radical (unpaired) electrons. The summed E-state index contributed by atoms with van der Waals surface area (Å²) in [6.07, 6.45) is 1.81. The molecule has 0 unspecified atom stereocenters. The van der Waals surface area contributed by atoms with Crippen molar-refractivity contribution in [3.63, 3.8) is 0 Å². The van der Waals surface area contributed by atoms with Crippen LogP contribution < -0.4 is 5.63 Å². The van der Waals surface area contributed by atoms with Gasteiger partial charge in [0.25, 0.3) is 0 Å². The van der Waals surface area contributed by atoms with Gasteiger partial charge in [0, 0.05) is 10.9 Å². The average molecular weight is 216 g/mol. The normalized spacial score (nSPS) is 11.2. The molecule has 1 aromatic carbocycles. The van der Waals surface area contributed by atoms with E-state index in [1.807, 2.05) is 30.3 Å². The molecule has 2 nitrogen and oxygen atoms in total. The zero-order valence-electron chi connectivity index (χ0n) is 9.69. The van der Waals surface area contributed by atoms with Crippen molar-refractivity contribution in [2.45, 2.75) is 26.7 Å². The second kappa shape index (κ2) is 4.52. The third-order valence-corrected chi connectivity index (χ3v) is 2.70. The maximum atomic E-state index is 11.7. The van der Waals surface area contributed by atoms with E-state index in [0.717, 1.165) is 23.8 Å². The van der Waals surface area contributed by atoms with E-state index in [0.29, 0.717) is 11.5 Å². The van der Waals surface area contributed by atoms with Gasteiger partial charge in [-0.2, -0.15) is 0 Å². The molecule has 2 heteroatoms. The van der Waals surface area contributed by atoms with Gasteiger partial charge in [-0.05, 0) is 30.9 Å². The predicted molar refractivity (Wildman–Crippen MR) is 65.6 cm³/mol. The largest absolute Gasteiger partial charge is 0.423 e. The van der Waals surface area contributed by atoms with E-state index >= 15 is 0 Å². The van der Waals surface area contributed by atoms with E-state index in [4.69, 9.17) is 4.42 Å². The van der Waals surface area contributed by atoms with Gasteiger partial charge >= 0.3 is 5.63 Å². The Morgan fingerprint density at radius 1 is 1.25 bits per heavy atom. The Bertz CT molecular complexity index is 538. The molecule has 0 N–H and O–H groups in total. The fourth-order valence-electron chi connectivity index (χ4n) is 1.72. The van der Waals surface area contributed by atoms with Crippen LogP contribution in [0.3, 0.4) is 0 Å². The summed E-state index contributed by atoms with van der Waals surface area (Å²) < 4.78 is 5.27. The number of hydrogen-bond donors (Lipinski definition) is 0. The van der Waals surface area contributed by atoms with E-state index in [1.54, 1.807) is 0 Å². The molecule has 0 spiro atoms. The molecule has 1 aromatic heterocycles. The van der Waals surface area contributed by atoms with Crippen molar-refractivity contribution < 1.29 is 4.42 Å². The van der Waals surface area contributed by atoms with Gasteiger partial charge in [-0.25, -0.2) is 4.79 Å². The first-order chi connectivity index (χ1) is 7.66. The van der Waals surface area contributed by atoms with Gasteiger partial charge in [0.2, 0.25) is 0 Å². The van der Waals surface area contributed by atoms with Crippen molar-refractivity contribution in [2.75, 3.05) is 0 Å². The van der Waals surface area contributed by atoms with Crippen molar-refractivity contribution in [1.82, 2.24) is 0 Å². The molecule has 2 rings (SSSR count). The van der Waals surface area contributed by atoms with Crippen molar-refractivity contribution in [3.8, 4) is 0 Å². The van der Waals surface area contributed by atoms with Gasteiger partial charge in [0.05, 0.1) is 0 Å². The molecule has 0 fully saturated rings. The third kappa shape index (κ3) is 2.32. The number of fused-ring (bicyclic) bond motifs is 1. The minimum absolute atomic E-state index is 0.195. The molecule has 0 aliphatic carbocycles. The van der Waals surface area contributed by atoms with Gasteiger partial charge in [-0.1, -0.05) is 32.0 Å². The summed E-state index contributed by atoms with van der Waals surface area (Å²) in [5.74, 6) is 0.603. The Balaban J connectivity index is 2.38.